The highest BCUT2D eigenvalue weighted by Crippen LogP contribution is 2.76. The van der Waals surface area contributed by atoms with Gasteiger partial charge in [0.2, 0.25) is 0 Å². The number of hydrogen-bond donors (Lipinski definition) is 6. The van der Waals surface area contributed by atoms with E-state index in [0.717, 1.165) is 79.4 Å². The third-order valence-corrected chi connectivity index (χ3v) is 22.3. The van der Waals surface area contributed by atoms with Crippen LogP contribution in [0.1, 0.15) is 172 Å². The van der Waals surface area contributed by atoms with Crippen LogP contribution in [0, 0.1) is 50.7 Å². The molecule has 72 heavy (non-hydrogen) atoms. The number of aromatic nitrogens is 2. The fourth-order valence-corrected chi connectivity index (χ4v) is 18.3. The van der Waals surface area contributed by atoms with Crippen molar-refractivity contribution >= 4 is 22.6 Å². The van der Waals surface area contributed by atoms with Crippen molar-refractivity contribution in [1.82, 2.24) is 20.2 Å². The first-order valence-corrected chi connectivity index (χ1v) is 28.4. The van der Waals surface area contributed by atoms with Crippen LogP contribution >= 0.6 is 0 Å². The second kappa shape index (κ2) is 18.0. The highest BCUT2D eigenvalue weighted by Gasteiger charge is 2.73. The molecule has 11 heteroatoms. The molecule has 6 N–H and O–H groups in total. The molecule has 13 atom stereocenters. The van der Waals surface area contributed by atoms with Crippen molar-refractivity contribution in [3.63, 3.8) is 0 Å². The molecule has 2 saturated heterocycles. The molecule has 0 bridgehead atoms. The number of allylic oxidation sites excluding steroid dienone is 1. The summed E-state index contributed by atoms with van der Waals surface area (Å²) in [6.45, 7) is 19.0. The Morgan fingerprint density at radius 1 is 0.903 bits per heavy atom. The fraction of sp³-hybridized carbons (Fsp3) is 0.738. The van der Waals surface area contributed by atoms with Gasteiger partial charge in [0.1, 0.15) is 11.9 Å². The van der Waals surface area contributed by atoms with Gasteiger partial charge >= 0.3 is 0 Å². The first-order chi connectivity index (χ1) is 34.1. The van der Waals surface area contributed by atoms with Gasteiger partial charge in [0.25, 0.3) is 0 Å². The number of hydrogen-bond acceptors (Lipinski definition) is 9. The van der Waals surface area contributed by atoms with Gasteiger partial charge < -0.3 is 45.0 Å². The Kier molecular flexibility index (Phi) is 12.7. The van der Waals surface area contributed by atoms with Crippen LogP contribution in [0.3, 0.4) is 0 Å². The molecule has 6 fully saturated rings. The van der Waals surface area contributed by atoms with E-state index in [0.29, 0.717) is 82.3 Å². The Hall–Kier alpha value is -3.16. The van der Waals surface area contributed by atoms with Crippen molar-refractivity contribution in [3.8, 4) is 0 Å². The van der Waals surface area contributed by atoms with Crippen LogP contribution in [0.2, 0.25) is 0 Å². The number of aliphatic hydroxyl groups is 3. The zero-order valence-electron chi connectivity index (χ0n) is 45.3. The third-order valence-electron chi connectivity index (χ3n) is 22.3. The molecule has 5 aliphatic carbocycles. The average Bonchev–Trinajstić information content (AvgIpc) is 3.57. The largest absolute Gasteiger partial charge is 0.392 e. The topological polar surface area (TPSA) is 161 Å². The molecule has 1 aromatic carbocycles. The molecular formula is C61H88N4O7. The Bertz CT molecular complexity index is 2640. The van der Waals surface area contributed by atoms with E-state index in [1.807, 2.05) is 20.9 Å². The molecule has 0 spiro atoms. The Morgan fingerprint density at radius 3 is 2.38 bits per heavy atom. The predicted molar refractivity (Wildman–Crippen MR) is 282 cm³/mol. The zero-order chi connectivity index (χ0) is 51.0. The van der Waals surface area contributed by atoms with Crippen LogP contribution in [0.4, 0.5) is 0 Å². The molecule has 3 aromatic rings. The van der Waals surface area contributed by atoms with Crippen molar-refractivity contribution in [2.45, 2.75) is 193 Å². The number of H-pyrrole nitrogens is 1. The number of carbonyl (C=O) groups is 2. The Balaban J connectivity index is 1.05. The number of aryl methyl sites for hydroxylation is 1. The molecular weight excluding hydrogens is 901 g/mol. The van der Waals surface area contributed by atoms with E-state index in [1.54, 1.807) is 0 Å². The van der Waals surface area contributed by atoms with E-state index in [-0.39, 0.29) is 35.1 Å². The van der Waals surface area contributed by atoms with Gasteiger partial charge in [-0.3, -0.25) is 9.59 Å². The summed E-state index contributed by atoms with van der Waals surface area (Å²) < 4.78 is 14.3. The maximum atomic E-state index is 15.5. The standard InChI is InChI=1S/C61H88N4O7/c1-55(2)54(72-55)45(67)30-56(3)17-14-38-33-64-50-40(27-36-26-39(42-13-11-10-12-37(42)32-63-9)29-41(28-36)61(70)21-24-71-25-22-61)34-65(51(38)50)35-43-48-49(56)44(66)31-60(48,7)59(6)19-15-46-57(4,20-23-62-8)47(68)16-18-58(46,5)53(59)52(43)69/h26,28-29,33-34,37,42-43,45-46,52-54,62-64,67,69-70H,10-25,27,30-32,35H2,1-9H3. The molecule has 3 aliphatic heterocycles. The Morgan fingerprint density at radius 2 is 1.65 bits per heavy atom. The summed E-state index contributed by atoms with van der Waals surface area (Å²) in [5.74, 6) is 1.08. The second-order valence-electron chi connectivity index (χ2n) is 26.8. The summed E-state index contributed by atoms with van der Waals surface area (Å²) >= 11 is 0. The number of nitrogens with one attached hydrogen (secondary N) is 3. The van der Waals surface area contributed by atoms with Crippen molar-refractivity contribution < 1.29 is 34.4 Å². The van der Waals surface area contributed by atoms with E-state index in [9.17, 15) is 20.1 Å². The number of epoxide rings is 1. The summed E-state index contributed by atoms with van der Waals surface area (Å²) in [7, 11) is 4.03. The van der Waals surface area contributed by atoms with E-state index < -0.39 is 45.1 Å². The van der Waals surface area contributed by atoms with Gasteiger partial charge in [0.05, 0.1) is 34.4 Å². The number of aliphatic hydroxyl groups excluding tert-OH is 2. The molecule has 0 amide bonds. The maximum Gasteiger partial charge on any atom is 0.160 e. The smallest absolute Gasteiger partial charge is 0.160 e. The summed E-state index contributed by atoms with van der Waals surface area (Å²) in [5.41, 5.74) is 6.34. The normalized spacial score (nSPS) is 39.6. The van der Waals surface area contributed by atoms with Gasteiger partial charge in [0.15, 0.2) is 5.78 Å². The molecule has 2 aromatic heterocycles. The number of rotatable bonds is 12. The molecule has 11 rings (SSSR count). The number of ketones is 2. The lowest BCUT2D eigenvalue weighted by molar-refractivity contribution is -0.222. The molecule has 394 valence electrons. The summed E-state index contributed by atoms with van der Waals surface area (Å²) in [4.78, 5) is 33.5. The number of carbonyl (C=O) groups excluding carboxylic acids is 2. The minimum Gasteiger partial charge on any atom is -0.392 e. The van der Waals surface area contributed by atoms with E-state index >= 15 is 4.79 Å². The van der Waals surface area contributed by atoms with E-state index in [4.69, 9.17) is 9.47 Å². The molecule has 5 heterocycles. The second-order valence-corrected chi connectivity index (χ2v) is 26.8. The van der Waals surface area contributed by atoms with E-state index in [1.165, 1.54) is 41.5 Å². The van der Waals surface area contributed by atoms with Crippen molar-refractivity contribution in [1.29, 1.82) is 0 Å². The minimum atomic E-state index is -0.943. The number of fused-ring (bicyclic) bond motifs is 4. The quantitative estimate of drug-likeness (QED) is 0.0973. The van der Waals surface area contributed by atoms with Gasteiger partial charge in [-0.2, -0.15) is 0 Å². The monoisotopic (exact) mass is 989 g/mol. The van der Waals surface area contributed by atoms with E-state index in [2.05, 4.69) is 92.4 Å². The molecule has 0 radical (unpaired) electrons. The number of ether oxygens (including phenoxy) is 2. The highest BCUT2D eigenvalue weighted by atomic mass is 16.6. The van der Waals surface area contributed by atoms with Gasteiger partial charge in [0, 0.05) is 86.6 Å². The van der Waals surface area contributed by atoms with Gasteiger partial charge in [-0.05, 0) is 172 Å². The lowest BCUT2D eigenvalue weighted by atomic mass is 9.34. The number of nitrogens with zero attached hydrogens (tertiary/aromatic N) is 1. The van der Waals surface area contributed by atoms with Crippen molar-refractivity contribution in [3.05, 3.63) is 69.6 Å². The fourth-order valence-electron chi connectivity index (χ4n) is 18.3. The number of Topliss-reactive ketones (excluding diaryl/α,β-unsaturated/α-hetero) is 2. The minimum absolute atomic E-state index is 0.114. The van der Waals surface area contributed by atoms with Gasteiger partial charge in [-0.25, -0.2) is 0 Å². The lowest BCUT2D eigenvalue weighted by Crippen LogP contribution is -2.68. The lowest BCUT2D eigenvalue weighted by Gasteiger charge is -2.70. The van der Waals surface area contributed by atoms with Crippen LogP contribution < -0.4 is 10.6 Å². The first-order valence-electron chi connectivity index (χ1n) is 28.4. The van der Waals surface area contributed by atoms with Gasteiger partial charge in [-0.1, -0.05) is 65.7 Å². The number of aromatic amines is 1. The highest BCUT2D eigenvalue weighted by molar-refractivity contribution is 6.02. The zero-order valence-corrected chi connectivity index (χ0v) is 45.3. The SMILES string of the molecule is CNCCC1(C)C(=O)CCC2(C)C1CCC1(C)C2C(O)C2Cn3cc(Cc4cc(C5CCCCC5CNC)cc(C5(O)CCOCC5)c4)c4[nH]cc(c43)CCC(C)(CC(O)C3OC3(C)C)C3=C2C1(C)CC3=O. The van der Waals surface area contributed by atoms with Crippen molar-refractivity contribution in [2.75, 3.05) is 40.4 Å². The third kappa shape index (κ3) is 7.79. The molecule has 4 saturated carbocycles. The van der Waals surface area contributed by atoms with Crippen LogP contribution in [0.25, 0.3) is 11.0 Å². The maximum absolute atomic E-state index is 15.5. The number of benzene rings is 1. The predicted octanol–water partition coefficient (Wildman–Crippen LogP) is 9.22. The molecule has 8 aliphatic rings. The van der Waals surface area contributed by atoms with Crippen molar-refractivity contribution in [2.24, 2.45) is 50.7 Å². The van der Waals surface area contributed by atoms with Gasteiger partial charge in [-0.15, -0.1) is 0 Å². The summed E-state index contributed by atoms with van der Waals surface area (Å²) in [6.07, 6.45) is 15.3. The van der Waals surface area contributed by atoms with Crippen LogP contribution in [-0.2, 0) is 44.1 Å². The first kappa shape index (κ1) is 51.0. The van der Waals surface area contributed by atoms with Crippen LogP contribution in [0.5, 0.6) is 0 Å². The van der Waals surface area contributed by atoms with Crippen LogP contribution in [-0.4, -0.2) is 101 Å². The average molecular weight is 989 g/mol. The molecule has 13 unspecified atom stereocenters. The van der Waals surface area contributed by atoms with Crippen LogP contribution in [0.15, 0.2) is 41.7 Å². The summed E-state index contributed by atoms with van der Waals surface area (Å²) in [5, 5.41) is 45.1. The summed E-state index contributed by atoms with van der Waals surface area (Å²) in [6, 6.07) is 7.03. The Labute approximate surface area is 429 Å². The molecule has 11 nitrogen and oxygen atoms in total.